The van der Waals surface area contributed by atoms with Crippen molar-refractivity contribution in [3.8, 4) is 0 Å². The van der Waals surface area contributed by atoms with Crippen molar-refractivity contribution in [2.24, 2.45) is 0 Å². The number of aromatic nitrogens is 2. The van der Waals surface area contributed by atoms with Crippen LogP contribution in [0.2, 0.25) is 0 Å². The second-order valence-electron chi connectivity index (χ2n) is 5.63. The molecule has 4 nitrogen and oxygen atoms in total. The Kier molecular flexibility index (Phi) is 4.78. The summed E-state index contributed by atoms with van der Waals surface area (Å²) < 4.78 is 0. The average Bonchev–Trinajstić information content (AvgIpc) is 2.43. The van der Waals surface area contributed by atoms with E-state index in [0.717, 1.165) is 29.7 Å². The molecule has 0 fully saturated rings. The van der Waals surface area contributed by atoms with E-state index in [1.54, 1.807) is 0 Å². The van der Waals surface area contributed by atoms with Crippen molar-refractivity contribution >= 4 is 17.3 Å². The lowest BCUT2D eigenvalue weighted by molar-refractivity contribution is 0.777. The smallest absolute Gasteiger partial charge is 0.136 e. The number of rotatable bonds is 5. The number of anilines is 3. The molecule has 0 aliphatic rings. The molecule has 2 rings (SSSR count). The predicted octanol–water partition coefficient (Wildman–Crippen LogP) is 4.39. The maximum absolute atomic E-state index is 4.62. The van der Waals surface area contributed by atoms with Crippen molar-refractivity contribution in [3.63, 3.8) is 0 Å². The van der Waals surface area contributed by atoms with Crippen LogP contribution in [0.25, 0.3) is 0 Å². The van der Waals surface area contributed by atoms with Gasteiger partial charge in [-0.15, -0.1) is 0 Å². The first-order valence-corrected chi connectivity index (χ1v) is 7.46. The summed E-state index contributed by atoms with van der Waals surface area (Å²) in [5, 5.41) is 6.68. The van der Waals surface area contributed by atoms with Crippen LogP contribution in [0.1, 0.15) is 43.6 Å². The van der Waals surface area contributed by atoms with Crippen LogP contribution in [0.4, 0.5) is 17.3 Å². The monoisotopic (exact) mass is 284 g/mol. The maximum atomic E-state index is 4.62. The third-order valence-electron chi connectivity index (χ3n) is 3.27. The van der Waals surface area contributed by atoms with E-state index < -0.39 is 0 Å². The first-order chi connectivity index (χ1) is 9.99. The predicted molar refractivity (Wildman–Crippen MR) is 89.5 cm³/mol. The van der Waals surface area contributed by atoms with E-state index in [4.69, 9.17) is 0 Å². The molecule has 0 spiro atoms. The van der Waals surface area contributed by atoms with E-state index in [9.17, 15) is 0 Å². The van der Waals surface area contributed by atoms with Crippen LogP contribution in [0, 0.1) is 13.8 Å². The number of aryl methyl sites for hydroxylation is 2. The van der Waals surface area contributed by atoms with Gasteiger partial charge in [-0.1, -0.05) is 26.0 Å². The molecule has 0 amide bonds. The fourth-order valence-electron chi connectivity index (χ4n) is 2.07. The van der Waals surface area contributed by atoms with E-state index in [2.05, 4.69) is 73.4 Å². The minimum absolute atomic E-state index is 0.294. The summed E-state index contributed by atoms with van der Waals surface area (Å²) in [6, 6.07) is 8.33. The lowest BCUT2D eigenvalue weighted by Crippen LogP contribution is -2.07. The van der Waals surface area contributed by atoms with Crippen LogP contribution in [-0.4, -0.2) is 16.5 Å². The number of benzene rings is 1. The highest BCUT2D eigenvalue weighted by Crippen LogP contribution is 2.23. The Morgan fingerprint density at radius 1 is 1.05 bits per heavy atom. The largest absolute Gasteiger partial charge is 0.370 e. The van der Waals surface area contributed by atoms with E-state index in [1.165, 1.54) is 11.1 Å². The molecule has 0 radical (unpaired) electrons. The van der Waals surface area contributed by atoms with E-state index >= 15 is 0 Å². The fourth-order valence-corrected chi connectivity index (χ4v) is 2.07. The van der Waals surface area contributed by atoms with Crippen molar-refractivity contribution in [2.75, 3.05) is 17.2 Å². The lowest BCUT2D eigenvalue weighted by atomic mass is 10.1. The molecule has 2 aromatic rings. The lowest BCUT2D eigenvalue weighted by Gasteiger charge is -2.14. The number of nitrogens with one attached hydrogen (secondary N) is 2. The van der Waals surface area contributed by atoms with Gasteiger partial charge in [-0.3, -0.25) is 0 Å². The molecule has 1 heterocycles. The van der Waals surface area contributed by atoms with Crippen molar-refractivity contribution < 1.29 is 0 Å². The van der Waals surface area contributed by atoms with Gasteiger partial charge in [-0.25, -0.2) is 9.97 Å². The first-order valence-electron chi connectivity index (χ1n) is 7.46. The van der Waals surface area contributed by atoms with Gasteiger partial charge in [0.25, 0.3) is 0 Å². The Labute approximate surface area is 127 Å². The minimum atomic E-state index is 0.294. The summed E-state index contributed by atoms with van der Waals surface area (Å²) in [5.74, 6) is 2.84. The molecule has 1 aromatic heterocycles. The van der Waals surface area contributed by atoms with Crippen molar-refractivity contribution in [3.05, 3.63) is 41.2 Å². The highest BCUT2D eigenvalue weighted by Gasteiger charge is 2.09. The number of nitrogens with zero attached hydrogens (tertiary/aromatic N) is 2. The molecule has 112 valence electrons. The van der Waals surface area contributed by atoms with E-state index in [1.807, 2.05) is 6.07 Å². The van der Waals surface area contributed by atoms with E-state index in [0.29, 0.717) is 5.92 Å². The van der Waals surface area contributed by atoms with Crippen molar-refractivity contribution in [1.29, 1.82) is 0 Å². The van der Waals surface area contributed by atoms with Gasteiger partial charge in [-0.05, 0) is 38.0 Å². The third kappa shape index (κ3) is 3.94. The summed E-state index contributed by atoms with van der Waals surface area (Å²) in [6.45, 7) is 11.3. The quantitative estimate of drug-likeness (QED) is 0.854. The standard InChI is InChI=1S/C17H24N4/c1-6-18-15-10-16(21-17(20-15)11(2)3)19-14-9-12(4)7-8-13(14)5/h7-11H,6H2,1-5H3,(H2,18,19,20,21). The summed E-state index contributed by atoms with van der Waals surface area (Å²) in [5.41, 5.74) is 3.52. The molecule has 0 saturated heterocycles. The fraction of sp³-hybridized carbons (Fsp3) is 0.412. The molecule has 4 heteroatoms. The third-order valence-corrected chi connectivity index (χ3v) is 3.27. The molecular weight excluding hydrogens is 260 g/mol. The van der Waals surface area contributed by atoms with Gasteiger partial charge < -0.3 is 10.6 Å². The SMILES string of the molecule is CCNc1cc(Nc2cc(C)ccc2C)nc(C(C)C)n1. The second-order valence-corrected chi connectivity index (χ2v) is 5.63. The van der Waals surface area contributed by atoms with Crippen LogP contribution in [0.15, 0.2) is 24.3 Å². The normalized spacial score (nSPS) is 10.8. The highest BCUT2D eigenvalue weighted by molar-refractivity contribution is 5.63. The molecule has 1 aromatic carbocycles. The molecule has 0 aliphatic carbocycles. The topological polar surface area (TPSA) is 49.8 Å². The first kappa shape index (κ1) is 15.3. The highest BCUT2D eigenvalue weighted by atomic mass is 15.1. The Morgan fingerprint density at radius 3 is 2.43 bits per heavy atom. The Hall–Kier alpha value is -2.10. The van der Waals surface area contributed by atoms with Crippen LogP contribution >= 0.6 is 0 Å². The van der Waals surface area contributed by atoms with Gasteiger partial charge in [0, 0.05) is 24.2 Å². The molecular formula is C17H24N4. The van der Waals surface area contributed by atoms with Crippen LogP contribution in [0.5, 0.6) is 0 Å². The zero-order valence-electron chi connectivity index (χ0n) is 13.5. The number of hydrogen-bond donors (Lipinski definition) is 2. The van der Waals surface area contributed by atoms with Gasteiger partial charge in [0.15, 0.2) is 0 Å². The Bertz CT molecular complexity index is 620. The summed E-state index contributed by atoms with van der Waals surface area (Å²) in [6.07, 6.45) is 0. The average molecular weight is 284 g/mol. The zero-order chi connectivity index (χ0) is 15.4. The minimum Gasteiger partial charge on any atom is -0.370 e. The van der Waals surface area contributed by atoms with Crippen molar-refractivity contribution in [1.82, 2.24) is 9.97 Å². The van der Waals surface area contributed by atoms with Gasteiger partial charge in [0.05, 0.1) is 0 Å². The Morgan fingerprint density at radius 2 is 1.76 bits per heavy atom. The molecule has 2 N–H and O–H groups in total. The Balaban J connectivity index is 2.36. The van der Waals surface area contributed by atoms with Gasteiger partial charge in [-0.2, -0.15) is 0 Å². The second kappa shape index (κ2) is 6.57. The molecule has 0 atom stereocenters. The summed E-state index contributed by atoms with van der Waals surface area (Å²) in [7, 11) is 0. The van der Waals surface area contributed by atoms with Crippen molar-refractivity contribution in [2.45, 2.75) is 40.5 Å². The van der Waals surface area contributed by atoms with E-state index in [-0.39, 0.29) is 0 Å². The van der Waals surface area contributed by atoms with Crippen LogP contribution in [0.3, 0.4) is 0 Å². The van der Waals surface area contributed by atoms with Gasteiger partial charge in [0.1, 0.15) is 17.5 Å². The molecule has 0 unspecified atom stereocenters. The maximum Gasteiger partial charge on any atom is 0.136 e. The zero-order valence-corrected chi connectivity index (χ0v) is 13.5. The molecule has 0 saturated carbocycles. The molecule has 21 heavy (non-hydrogen) atoms. The molecule has 0 bridgehead atoms. The van der Waals surface area contributed by atoms with Gasteiger partial charge >= 0.3 is 0 Å². The summed E-state index contributed by atoms with van der Waals surface area (Å²) >= 11 is 0. The van der Waals surface area contributed by atoms with Crippen LogP contribution in [-0.2, 0) is 0 Å². The number of hydrogen-bond acceptors (Lipinski definition) is 4. The molecule has 0 aliphatic heterocycles. The van der Waals surface area contributed by atoms with Gasteiger partial charge in [0.2, 0.25) is 0 Å². The van der Waals surface area contributed by atoms with Crippen LogP contribution < -0.4 is 10.6 Å². The summed E-state index contributed by atoms with van der Waals surface area (Å²) in [4.78, 5) is 9.16.